The van der Waals surface area contributed by atoms with Gasteiger partial charge in [-0.05, 0) is 42.5 Å². The predicted molar refractivity (Wildman–Crippen MR) is 68.8 cm³/mol. The molecule has 0 amide bonds. The van der Waals surface area contributed by atoms with E-state index in [0.717, 1.165) is 26.7 Å². The monoisotopic (exact) mass is 289 g/mol. The summed E-state index contributed by atoms with van der Waals surface area (Å²) in [6.45, 7) is 0. The highest BCUT2D eigenvalue weighted by molar-refractivity contribution is 9.10. The third-order valence-corrected chi connectivity index (χ3v) is 3.07. The normalized spacial score (nSPS) is 10.9. The second kappa shape index (κ2) is 3.89. The third kappa shape index (κ3) is 1.80. The van der Waals surface area contributed by atoms with E-state index in [4.69, 9.17) is 4.52 Å². The third-order valence-electron chi connectivity index (χ3n) is 2.57. The van der Waals surface area contributed by atoms with Crippen LogP contribution in [0.15, 0.2) is 51.5 Å². The Balaban J connectivity index is 2.23. The van der Waals surface area contributed by atoms with Gasteiger partial charge in [0.2, 0.25) is 0 Å². The molecule has 0 aliphatic carbocycles. The maximum atomic E-state index is 9.26. The van der Waals surface area contributed by atoms with Gasteiger partial charge < -0.3 is 9.63 Å². The van der Waals surface area contributed by atoms with Crippen molar-refractivity contribution in [3.05, 3.63) is 46.9 Å². The Kier molecular flexibility index (Phi) is 2.37. The summed E-state index contributed by atoms with van der Waals surface area (Å²) in [4.78, 5) is 0. The maximum Gasteiger partial charge on any atom is 0.167 e. The second-order valence-corrected chi connectivity index (χ2v) is 4.63. The molecule has 3 aromatic rings. The minimum atomic E-state index is 0.239. The molecule has 1 heterocycles. The summed E-state index contributed by atoms with van der Waals surface area (Å²) in [5.74, 6) is 0.239. The van der Waals surface area contributed by atoms with Crippen LogP contribution in [0.5, 0.6) is 5.75 Å². The zero-order chi connectivity index (χ0) is 11.8. The van der Waals surface area contributed by atoms with E-state index in [2.05, 4.69) is 21.1 Å². The van der Waals surface area contributed by atoms with Gasteiger partial charge in [-0.1, -0.05) is 21.1 Å². The Morgan fingerprint density at radius 2 is 1.82 bits per heavy atom. The number of rotatable bonds is 1. The highest BCUT2D eigenvalue weighted by Crippen LogP contribution is 2.30. The Morgan fingerprint density at radius 3 is 2.59 bits per heavy atom. The van der Waals surface area contributed by atoms with Crippen LogP contribution in [0.1, 0.15) is 0 Å². The lowest BCUT2D eigenvalue weighted by atomic mass is 10.1. The fraction of sp³-hybridized carbons (Fsp3) is 0. The van der Waals surface area contributed by atoms with Crippen LogP contribution in [0, 0.1) is 0 Å². The lowest BCUT2D eigenvalue weighted by Gasteiger charge is -1.97. The van der Waals surface area contributed by atoms with E-state index in [1.807, 2.05) is 30.3 Å². The van der Waals surface area contributed by atoms with Crippen molar-refractivity contribution in [2.45, 2.75) is 0 Å². The van der Waals surface area contributed by atoms with Crippen molar-refractivity contribution in [1.82, 2.24) is 5.16 Å². The zero-order valence-electron chi connectivity index (χ0n) is 8.72. The number of benzene rings is 2. The van der Waals surface area contributed by atoms with Crippen LogP contribution in [0.25, 0.3) is 22.2 Å². The molecule has 0 atom stereocenters. The first-order chi connectivity index (χ1) is 8.24. The highest BCUT2D eigenvalue weighted by atomic mass is 79.9. The van der Waals surface area contributed by atoms with Crippen molar-refractivity contribution in [2.75, 3.05) is 0 Å². The van der Waals surface area contributed by atoms with Gasteiger partial charge in [0.1, 0.15) is 11.4 Å². The fourth-order valence-corrected chi connectivity index (χ4v) is 2.10. The van der Waals surface area contributed by atoms with Gasteiger partial charge in [-0.3, -0.25) is 0 Å². The molecule has 1 aromatic heterocycles. The molecule has 1 N–H and O–H groups in total. The lowest BCUT2D eigenvalue weighted by Crippen LogP contribution is -1.77. The van der Waals surface area contributed by atoms with Gasteiger partial charge in [-0.2, -0.15) is 0 Å². The van der Waals surface area contributed by atoms with Crippen LogP contribution in [0.4, 0.5) is 0 Å². The summed E-state index contributed by atoms with van der Waals surface area (Å²) >= 11 is 3.43. The molecule has 3 rings (SSSR count). The Morgan fingerprint density at radius 1 is 1.06 bits per heavy atom. The van der Waals surface area contributed by atoms with Crippen molar-refractivity contribution in [1.29, 1.82) is 0 Å². The summed E-state index contributed by atoms with van der Waals surface area (Å²) < 4.78 is 6.24. The van der Waals surface area contributed by atoms with E-state index in [1.54, 1.807) is 12.1 Å². The largest absolute Gasteiger partial charge is 0.508 e. The summed E-state index contributed by atoms with van der Waals surface area (Å²) in [5, 5.41) is 14.3. The number of phenols is 1. The van der Waals surface area contributed by atoms with E-state index >= 15 is 0 Å². The Labute approximate surface area is 106 Å². The van der Waals surface area contributed by atoms with E-state index in [0.29, 0.717) is 0 Å². The molecule has 4 heteroatoms. The van der Waals surface area contributed by atoms with Crippen LogP contribution < -0.4 is 0 Å². The second-order valence-electron chi connectivity index (χ2n) is 3.72. The first-order valence-electron chi connectivity index (χ1n) is 5.08. The van der Waals surface area contributed by atoms with Gasteiger partial charge in [0.25, 0.3) is 0 Å². The first kappa shape index (κ1) is 10.4. The number of aromatic nitrogens is 1. The number of hydrogen-bond acceptors (Lipinski definition) is 3. The molecule has 2 aromatic carbocycles. The van der Waals surface area contributed by atoms with Gasteiger partial charge in [-0.25, -0.2) is 0 Å². The number of hydrogen-bond donors (Lipinski definition) is 1. The van der Waals surface area contributed by atoms with Crippen LogP contribution in [0.2, 0.25) is 0 Å². The predicted octanol–water partition coefficient (Wildman–Crippen LogP) is 3.96. The molecule has 0 aliphatic heterocycles. The standard InChI is InChI=1S/C13H8BrNO2/c14-9-3-6-12-11(7-9)13(15-17-12)8-1-4-10(16)5-2-8/h1-7,16H. The molecule has 84 valence electrons. The topological polar surface area (TPSA) is 46.3 Å². The molecule has 0 bridgehead atoms. The molecule has 0 spiro atoms. The van der Waals surface area contributed by atoms with Crippen LogP contribution in [-0.2, 0) is 0 Å². The van der Waals surface area contributed by atoms with E-state index in [9.17, 15) is 5.11 Å². The van der Waals surface area contributed by atoms with Gasteiger partial charge in [0.05, 0.1) is 5.39 Å². The van der Waals surface area contributed by atoms with Gasteiger partial charge in [-0.15, -0.1) is 0 Å². The van der Waals surface area contributed by atoms with E-state index < -0.39 is 0 Å². The number of fused-ring (bicyclic) bond motifs is 1. The Hall–Kier alpha value is -1.81. The van der Waals surface area contributed by atoms with Crippen LogP contribution in [-0.4, -0.2) is 10.3 Å². The summed E-state index contributed by atoms with van der Waals surface area (Å²) in [7, 11) is 0. The number of aromatic hydroxyl groups is 1. The summed E-state index contributed by atoms with van der Waals surface area (Å²) in [6, 6.07) is 12.6. The molecule has 3 nitrogen and oxygen atoms in total. The lowest BCUT2D eigenvalue weighted by molar-refractivity contribution is 0.459. The average molecular weight is 290 g/mol. The minimum Gasteiger partial charge on any atom is -0.508 e. The van der Waals surface area contributed by atoms with Crippen molar-refractivity contribution in [2.24, 2.45) is 0 Å². The fourth-order valence-electron chi connectivity index (χ4n) is 1.74. The van der Waals surface area contributed by atoms with Gasteiger partial charge >= 0.3 is 0 Å². The SMILES string of the molecule is Oc1ccc(-c2noc3ccc(Br)cc23)cc1. The minimum absolute atomic E-state index is 0.239. The number of halogens is 1. The van der Waals surface area contributed by atoms with Crippen LogP contribution >= 0.6 is 15.9 Å². The molecular weight excluding hydrogens is 282 g/mol. The maximum absolute atomic E-state index is 9.26. The van der Waals surface area contributed by atoms with Crippen LogP contribution in [0.3, 0.4) is 0 Å². The molecule has 0 saturated heterocycles. The number of phenolic OH excluding ortho intramolecular Hbond substituents is 1. The van der Waals surface area contributed by atoms with Crippen molar-refractivity contribution in [3.8, 4) is 17.0 Å². The van der Waals surface area contributed by atoms with Crippen molar-refractivity contribution < 1.29 is 9.63 Å². The van der Waals surface area contributed by atoms with Crippen molar-refractivity contribution >= 4 is 26.9 Å². The average Bonchev–Trinajstić information content (AvgIpc) is 2.73. The molecule has 0 fully saturated rings. The van der Waals surface area contributed by atoms with E-state index in [1.165, 1.54) is 0 Å². The molecule has 17 heavy (non-hydrogen) atoms. The molecule has 0 unspecified atom stereocenters. The van der Waals surface area contributed by atoms with Gasteiger partial charge in [0, 0.05) is 10.0 Å². The van der Waals surface area contributed by atoms with Gasteiger partial charge in [0.15, 0.2) is 5.58 Å². The molecular formula is C13H8BrNO2. The molecule has 0 radical (unpaired) electrons. The Bertz CT molecular complexity index is 673. The quantitative estimate of drug-likeness (QED) is 0.737. The first-order valence-corrected chi connectivity index (χ1v) is 5.88. The molecule has 0 aliphatic rings. The molecule has 0 saturated carbocycles. The highest BCUT2D eigenvalue weighted by Gasteiger charge is 2.10. The smallest absolute Gasteiger partial charge is 0.167 e. The van der Waals surface area contributed by atoms with Crippen molar-refractivity contribution in [3.63, 3.8) is 0 Å². The number of nitrogens with zero attached hydrogens (tertiary/aromatic N) is 1. The summed E-state index contributed by atoms with van der Waals surface area (Å²) in [5.41, 5.74) is 2.44. The summed E-state index contributed by atoms with van der Waals surface area (Å²) in [6.07, 6.45) is 0. The zero-order valence-corrected chi connectivity index (χ0v) is 10.3. The van der Waals surface area contributed by atoms with E-state index in [-0.39, 0.29) is 5.75 Å².